The molecule has 16 heavy (non-hydrogen) atoms. The van der Waals surface area contributed by atoms with Crippen LogP contribution in [0.2, 0.25) is 0 Å². The van der Waals surface area contributed by atoms with Gasteiger partial charge in [-0.2, -0.15) is 0 Å². The Morgan fingerprint density at radius 1 is 1.44 bits per heavy atom. The van der Waals surface area contributed by atoms with E-state index in [0.29, 0.717) is 0 Å². The van der Waals surface area contributed by atoms with Gasteiger partial charge in [-0.05, 0) is 12.8 Å². The summed E-state index contributed by atoms with van der Waals surface area (Å²) in [6.07, 6.45) is 5.31. The van der Waals surface area contributed by atoms with Crippen LogP contribution < -0.4 is 10.6 Å². The van der Waals surface area contributed by atoms with Gasteiger partial charge in [0.25, 0.3) is 0 Å². The fourth-order valence-corrected chi connectivity index (χ4v) is 3.08. The minimum absolute atomic E-state index is 0.0921. The number of hydrogen-bond donors (Lipinski definition) is 1. The summed E-state index contributed by atoms with van der Waals surface area (Å²) in [6.45, 7) is 3.55. The predicted octanol–water partition coefficient (Wildman–Crippen LogP) is 1.01. The van der Waals surface area contributed by atoms with Crippen molar-refractivity contribution in [1.29, 1.82) is 0 Å². The molecular formula is C11H17N3OS. The zero-order valence-electron chi connectivity index (χ0n) is 9.32. The number of morpholine rings is 1. The van der Waals surface area contributed by atoms with E-state index in [1.165, 1.54) is 4.88 Å². The van der Waals surface area contributed by atoms with E-state index < -0.39 is 0 Å². The second-order valence-electron chi connectivity index (χ2n) is 4.75. The maximum atomic E-state index is 6.11. The molecule has 1 saturated heterocycles. The molecule has 2 N–H and O–H groups in total. The van der Waals surface area contributed by atoms with Crippen LogP contribution in [0.15, 0.2) is 6.20 Å². The molecule has 0 spiro atoms. The van der Waals surface area contributed by atoms with Crippen molar-refractivity contribution >= 4 is 16.5 Å². The molecule has 0 aromatic carbocycles. The third-order valence-corrected chi connectivity index (χ3v) is 4.30. The Morgan fingerprint density at radius 2 is 2.19 bits per heavy atom. The summed E-state index contributed by atoms with van der Waals surface area (Å²) < 4.78 is 5.33. The molecule has 1 aromatic rings. The lowest BCUT2D eigenvalue weighted by Crippen LogP contribution is -2.36. The zero-order valence-corrected chi connectivity index (χ0v) is 10.1. The minimum Gasteiger partial charge on any atom is -0.378 e. The van der Waals surface area contributed by atoms with Crippen molar-refractivity contribution in [3.8, 4) is 0 Å². The number of rotatable bonds is 3. The molecule has 5 heteroatoms. The Kier molecular flexibility index (Phi) is 2.61. The molecule has 1 aliphatic heterocycles. The largest absolute Gasteiger partial charge is 0.378 e. The van der Waals surface area contributed by atoms with E-state index in [1.807, 2.05) is 6.20 Å². The number of thiazole rings is 1. The highest BCUT2D eigenvalue weighted by molar-refractivity contribution is 7.15. The molecule has 1 saturated carbocycles. The third kappa shape index (κ3) is 2.21. The molecule has 4 nitrogen and oxygen atoms in total. The number of aromatic nitrogens is 1. The first kappa shape index (κ1) is 10.5. The lowest BCUT2D eigenvalue weighted by Gasteiger charge is -2.26. The van der Waals surface area contributed by atoms with E-state index in [2.05, 4.69) is 9.88 Å². The number of anilines is 1. The van der Waals surface area contributed by atoms with Crippen molar-refractivity contribution in [3.63, 3.8) is 0 Å². The Bertz CT molecular complexity index is 369. The van der Waals surface area contributed by atoms with Crippen molar-refractivity contribution in [1.82, 2.24) is 4.98 Å². The standard InChI is InChI=1S/C11H17N3OS/c12-11(1-2-11)7-9-8-13-10(16-9)14-3-5-15-6-4-14/h8H,1-7,12H2. The molecule has 1 aromatic heterocycles. The number of ether oxygens (including phenoxy) is 1. The normalized spacial score (nSPS) is 23.4. The second-order valence-corrected chi connectivity index (χ2v) is 5.84. The van der Waals surface area contributed by atoms with Gasteiger partial charge in [0.1, 0.15) is 0 Å². The topological polar surface area (TPSA) is 51.4 Å². The SMILES string of the molecule is NC1(Cc2cnc(N3CCOCC3)s2)CC1. The van der Waals surface area contributed by atoms with E-state index in [1.54, 1.807) is 11.3 Å². The Labute approximate surface area is 99.4 Å². The monoisotopic (exact) mass is 239 g/mol. The summed E-state index contributed by atoms with van der Waals surface area (Å²) in [5, 5.41) is 1.13. The van der Waals surface area contributed by atoms with E-state index in [9.17, 15) is 0 Å². The van der Waals surface area contributed by atoms with E-state index in [0.717, 1.165) is 50.7 Å². The highest BCUT2D eigenvalue weighted by Gasteiger charge is 2.38. The molecule has 2 fully saturated rings. The van der Waals surface area contributed by atoms with Gasteiger partial charge in [-0.3, -0.25) is 0 Å². The van der Waals surface area contributed by atoms with Gasteiger partial charge in [0, 0.05) is 36.1 Å². The van der Waals surface area contributed by atoms with Gasteiger partial charge in [0.05, 0.1) is 13.2 Å². The highest BCUT2D eigenvalue weighted by atomic mass is 32.1. The lowest BCUT2D eigenvalue weighted by molar-refractivity contribution is 0.122. The third-order valence-electron chi connectivity index (χ3n) is 3.24. The number of nitrogens with zero attached hydrogens (tertiary/aromatic N) is 2. The second kappa shape index (κ2) is 3.98. The molecule has 0 amide bonds. The molecular weight excluding hydrogens is 222 g/mol. The molecule has 3 rings (SSSR count). The van der Waals surface area contributed by atoms with Gasteiger partial charge < -0.3 is 15.4 Å². The van der Waals surface area contributed by atoms with Gasteiger partial charge in [-0.1, -0.05) is 0 Å². The van der Waals surface area contributed by atoms with Gasteiger partial charge in [-0.25, -0.2) is 4.98 Å². The van der Waals surface area contributed by atoms with Crippen LogP contribution in [-0.2, 0) is 11.2 Å². The van der Waals surface area contributed by atoms with Crippen molar-refractivity contribution in [3.05, 3.63) is 11.1 Å². The molecule has 2 heterocycles. The maximum Gasteiger partial charge on any atom is 0.185 e. The fourth-order valence-electron chi connectivity index (χ4n) is 1.96. The number of hydrogen-bond acceptors (Lipinski definition) is 5. The van der Waals surface area contributed by atoms with Crippen LogP contribution in [0.25, 0.3) is 0 Å². The Balaban J connectivity index is 1.66. The van der Waals surface area contributed by atoms with Gasteiger partial charge in [0.2, 0.25) is 0 Å². The van der Waals surface area contributed by atoms with Crippen molar-refractivity contribution < 1.29 is 4.74 Å². The van der Waals surface area contributed by atoms with Crippen molar-refractivity contribution in [2.75, 3.05) is 31.2 Å². The predicted molar refractivity (Wildman–Crippen MR) is 65.0 cm³/mol. The molecule has 1 aliphatic carbocycles. The molecule has 0 bridgehead atoms. The quantitative estimate of drug-likeness (QED) is 0.855. The van der Waals surface area contributed by atoms with Crippen LogP contribution in [0, 0.1) is 0 Å². The summed E-state index contributed by atoms with van der Waals surface area (Å²) >= 11 is 1.79. The van der Waals surface area contributed by atoms with Crippen LogP contribution in [0.4, 0.5) is 5.13 Å². The van der Waals surface area contributed by atoms with Crippen LogP contribution >= 0.6 is 11.3 Å². The summed E-state index contributed by atoms with van der Waals surface area (Å²) in [4.78, 5) is 8.11. The van der Waals surface area contributed by atoms with Crippen LogP contribution in [0.1, 0.15) is 17.7 Å². The average Bonchev–Trinajstić information content (AvgIpc) is 2.86. The van der Waals surface area contributed by atoms with Gasteiger partial charge in [-0.15, -0.1) is 11.3 Å². The number of nitrogens with two attached hydrogens (primary N) is 1. The lowest BCUT2D eigenvalue weighted by atomic mass is 10.2. The minimum atomic E-state index is 0.0921. The Hall–Kier alpha value is -0.650. The van der Waals surface area contributed by atoms with Crippen LogP contribution in [0.3, 0.4) is 0 Å². The fraction of sp³-hybridized carbons (Fsp3) is 0.727. The first-order valence-corrected chi connectivity index (χ1v) is 6.63. The van der Waals surface area contributed by atoms with Crippen LogP contribution in [-0.4, -0.2) is 36.8 Å². The first-order chi connectivity index (χ1) is 7.75. The van der Waals surface area contributed by atoms with Crippen molar-refractivity contribution in [2.45, 2.75) is 24.8 Å². The van der Waals surface area contributed by atoms with E-state index >= 15 is 0 Å². The van der Waals surface area contributed by atoms with Gasteiger partial charge >= 0.3 is 0 Å². The van der Waals surface area contributed by atoms with Crippen molar-refractivity contribution in [2.24, 2.45) is 5.73 Å². The first-order valence-electron chi connectivity index (χ1n) is 5.82. The zero-order chi connectivity index (χ0) is 11.0. The molecule has 0 unspecified atom stereocenters. The van der Waals surface area contributed by atoms with E-state index in [-0.39, 0.29) is 5.54 Å². The maximum absolute atomic E-state index is 6.11. The van der Waals surface area contributed by atoms with Crippen LogP contribution in [0.5, 0.6) is 0 Å². The summed E-state index contributed by atoms with van der Waals surface area (Å²) in [6, 6.07) is 0. The average molecular weight is 239 g/mol. The summed E-state index contributed by atoms with van der Waals surface area (Å²) in [7, 11) is 0. The van der Waals surface area contributed by atoms with Gasteiger partial charge in [0.15, 0.2) is 5.13 Å². The molecule has 0 atom stereocenters. The molecule has 2 aliphatic rings. The molecule has 0 radical (unpaired) electrons. The summed E-state index contributed by atoms with van der Waals surface area (Å²) in [5.41, 5.74) is 6.20. The summed E-state index contributed by atoms with van der Waals surface area (Å²) in [5.74, 6) is 0. The Morgan fingerprint density at radius 3 is 2.88 bits per heavy atom. The van der Waals surface area contributed by atoms with E-state index in [4.69, 9.17) is 10.5 Å². The highest BCUT2D eigenvalue weighted by Crippen LogP contribution is 2.37. The molecule has 88 valence electrons. The smallest absolute Gasteiger partial charge is 0.185 e.